The van der Waals surface area contributed by atoms with Crippen molar-refractivity contribution in [3.63, 3.8) is 0 Å². The number of carboxylic acid groups (broad SMARTS) is 1. The second kappa shape index (κ2) is 6.31. The number of amides is 2. The van der Waals surface area contributed by atoms with E-state index < -0.39 is 11.9 Å². The molecule has 4 unspecified atom stereocenters. The lowest BCUT2D eigenvalue weighted by Gasteiger charge is -2.38. The zero-order valence-electron chi connectivity index (χ0n) is 11.3. The van der Waals surface area contributed by atoms with Crippen molar-refractivity contribution in [3.8, 4) is 0 Å². The van der Waals surface area contributed by atoms with Gasteiger partial charge in [0, 0.05) is 29.6 Å². The normalized spacial score (nSPS) is 27.4. The van der Waals surface area contributed by atoms with Crippen molar-refractivity contribution in [1.82, 2.24) is 10.2 Å². The highest BCUT2D eigenvalue weighted by molar-refractivity contribution is 8.00. The van der Waals surface area contributed by atoms with Gasteiger partial charge in [0.1, 0.15) is 0 Å². The van der Waals surface area contributed by atoms with Gasteiger partial charge < -0.3 is 15.3 Å². The number of hydrogen-bond acceptors (Lipinski definition) is 3. The summed E-state index contributed by atoms with van der Waals surface area (Å²) in [6.45, 7) is 8.19. The van der Waals surface area contributed by atoms with Gasteiger partial charge in [-0.25, -0.2) is 4.79 Å². The summed E-state index contributed by atoms with van der Waals surface area (Å²) in [5.41, 5.74) is 0. The van der Waals surface area contributed by atoms with Gasteiger partial charge in [-0.15, -0.1) is 0 Å². The van der Waals surface area contributed by atoms with E-state index >= 15 is 0 Å². The molecule has 1 rings (SSSR count). The third kappa shape index (κ3) is 3.54. The van der Waals surface area contributed by atoms with Crippen LogP contribution in [0.4, 0.5) is 4.79 Å². The highest BCUT2D eigenvalue weighted by Crippen LogP contribution is 2.24. The molecule has 1 saturated heterocycles. The van der Waals surface area contributed by atoms with Crippen LogP contribution in [0.15, 0.2) is 0 Å². The van der Waals surface area contributed by atoms with Gasteiger partial charge in [0.2, 0.25) is 0 Å². The van der Waals surface area contributed by atoms with Gasteiger partial charge in [-0.1, -0.05) is 6.92 Å². The van der Waals surface area contributed by atoms with Gasteiger partial charge in [0.25, 0.3) is 0 Å². The van der Waals surface area contributed by atoms with Crippen molar-refractivity contribution in [2.75, 3.05) is 12.3 Å². The zero-order chi connectivity index (χ0) is 13.9. The average molecular weight is 274 g/mol. The van der Waals surface area contributed by atoms with Crippen LogP contribution in [0.25, 0.3) is 0 Å². The van der Waals surface area contributed by atoms with Gasteiger partial charge in [-0.05, 0) is 20.8 Å². The molecule has 0 aromatic rings. The van der Waals surface area contributed by atoms with Gasteiger partial charge in [0.15, 0.2) is 0 Å². The Morgan fingerprint density at radius 3 is 2.56 bits per heavy atom. The molecule has 1 heterocycles. The Hall–Kier alpha value is -0.910. The molecule has 0 saturated carbocycles. The fraction of sp³-hybridized carbons (Fsp3) is 0.833. The number of hydrogen-bond donors (Lipinski definition) is 2. The third-order valence-corrected chi connectivity index (χ3v) is 4.97. The van der Waals surface area contributed by atoms with Gasteiger partial charge in [0.05, 0.1) is 5.92 Å². The Labute approximate surface area is 112 Å². The minimum absolute atomic E-state index is 0.157. The number of nitrogens with one attached hydrogen (secondary N) is 1. The quantitative estimate of drug-likeness (QED) is 0.820. The molecule has 5 nitrogen and oxygen atoms in total. The molecule has 18 heavy (non-hydrogen) atoms. The molecule has 0 aromatic carbocycles. The molecule has 0 spiro atoms. The predicted molar refractivity (Wildman–Crippen MR) is 72.9 cm³/mol. The highest BCUT2D eigenvalue weighted by Gasteiger charge is 2.30. The number of carbonyl (C=O) groups is 2. The summed E-state index contributed by atoms with van der Waals surface area (Å²) < 4.78 is 0. The standard InChI is InChI=1S/C12H22N2O3S/c1-7(11(15)16)8(2)13-12(17)14-5-6-18-10(4)9(14)3/h7-10H,5-6H2,1-4H3,(H,13,17)(H,15,16). The Morgan fingerprint density at radius 1 is 1.39 bits per heavy atom. The lowest BCUT2D eigenvalue weighted by Crippen LogP contribution is -2.54. The van der Waals surface area contributed by atoms with Gasteiger partial charge >= 0.3 is 12.0 Å². The molecule has 0 aliphatic carbocycles. The molecule has 2 amide bonds. The minimum atomic E-state index is -0.890. The van der Waals surface area contributed by atoms with Crippen molar-refractivity contribution < 1.29 is 14.7 Å². The van der Waals surface area contributed by atoms with Crippen molar-refractivity contribution >= 4 is 23.8 Å². The Morgan fingerprint density at radius 2 is 2.00 bits per heavy atom. The number of carboxylic acids is 1. The first kappa shape index (κ1) is 15.1. The average Bonchev–Trinajstić information content (AvgIpc) is 2.31. The second-order valence-corrected chi connectivity index (χ2v) is 6.36. The van der Waals surface area contributed by atoms with Crippen molar-refractivity contribution in [2.24, 2.45) is 5.92 Å². The molecular formula is C12H22N2O3S. The van der Waals surface area contributed by atoms with Crippen LogP contribution in [0.2, 0.25) is 0 Å². The van der Waals surface area contributed by atoms with E-state index in [9.17, 15) is 9.59 Å². The number of urea groups is 1. The lowest BCUT2D eigenvalue weighted by atomic mass is 10.0. The maximum Gasteiger partial charge on any atom is 0.317 e. The van der Waals surface area contributed by atoms with Crippen LogP contribution in [-0.2, 0) is 4.79 Å². The molecule has 1 fully saturated rings. The monoisotopic (exact) mass is 274 g/mol. The predicted octanol–water partition coefficient (Wildman–Crippen LogP) is 1.63. The summed E-state index contributed by atoms with van der Waals surface area (Å²) in [6.07, 6.45) is 0. The summed E-state index contributed by atoms with van der Waals surface area (Å²) in [5.74, 6) is -0.541. The van der Waals surface area contributed by atoms with Gasteiger partial charge in [-0.2, -0.15) is 11.8 Å². The fourth-order valence-corrected chi connectivity index (χ4v) is 2.94. The number of thioether (sulfide) groups is 1. The van der Waals surface area contributed by atoms with Crippen molar-refractivity contribution in [3.05, 3.63) is 0 Å². The van der Waals surface area contributed by atoms with Crippen LogP contribution in [0, 0.1) is 5.92 Å². The maximum absolute atomic E-state index is 12.1. The van der Waals surface area contributed by atoms with Crippen molar-refractivity contribution in [2.45, 2.75) is 45.0 Å². The summed E-state index contributed by atoms with van der Waals surface area (Å²) in [4.78, 5) is 24.7. The molecule has 4 atom stereocenters. The largest absolute Gasteiger partial charge is 0.481 e. The minimum Gasteiger partial charge on any atom is -0.481 e. The molecule has 0 aromatic heterocycles. The molecule has 6 heteroatoms. The van der Waals surface area contributed by atoms with E-state index in [0.29, 0.717) is 5.25 Å². The zero-order valence-corrected chi connectivity index (χ0v) is 12.2. The molecule has 0 radical (unpaired) electrons. The Balaban J connectivity index is 2.57. The Bertz CT molecular complexity index is 324. The number of nitrogens with zero attached hydrogens (tertiary/aromatic N) is 1. The molecule has 104 valence electrons. The molecule has 1 aliphatic rings. The van der Waals surface area contributed by atoms with Crippen LogP contribution >= 0.6 is 11.8 Å². The highest BCUT2D eigenvalue weighted by atomic mass is 32.2. The van der Waals surface area contributed by atoms with Crippen LogP contribution in [0.5, 0.6) is 0 Å². The molecule has 0 bridgehead atoms. The van der Waals surface area contributed by atoms with E-state index in [1.54, 1.807) is 18.7 Å². The second-order valence-electron chi connectivity index (χ2n) is 4.87. The molecule has 2 N–H and O–H groups in total. The van der Waals surface area contributed by atoms with Crippen LogP contribution < -0.4 is 5.32 Å². The first-order valence-electron chi connectivity index (χ1n) is 6.26. The van der Waals surface area contributed by atoms with E-state index in [-0.39, 0.29) is 18.1 Å². The third-order valence-electron chi connectivity index (χ3n) is 3.64. The molecular weight excluding hydrogens is 252 g/mol. The van der Waals surface area contributed by atoms with E-state index in [1.165, 1.54) is 0 Å². The summed E-state index contributed by atoms with van der Waals surface area (Å²) in [6, 6.07) is -0.349. The summed E-state index contributed by atoms with van der Waals surface area (Å²) in [7, 11) is 0. The van der Waals surface area contributed by atoms with E-state index in [4.69, 9.17) is 5.11 Å². The van der Waals surface area contributed by atoms with E-state index in [1.807, 2.05) is 18.7 Å². The van der Waals surface area contributed by atoms with Crippen molar-refractivity contribution in [1.29, 1.82) is 0 Å². The maximum atomic E-state index is 12.1. The molecule has 1 aliphatic heterocycles. The topological polar surface area (TPSA) is 69.6 Å². The summed E-state index contributed by atoms with van der Waals surface area (Å²) in [5, 5.41) is 12.1. The van der Waals surface area contributed by atoms with E-state index in [0.717, 1.165) is 12.3 Å². The van der Waals surface area contributed by atoms with Gasteiger partial charge in [-0.3, -0.25) is 4.79 Å². The Kier molecular flexibility index (Phi) is 5.31. The first-order chi connectivity index (χ1) is 8.34. The first-order valence-corrected chi connectivity index (χ1v) is 7.31. The lowest BCUT2D eigenvalue weighted by molar-refractivity contribution is -0.141. The number of rotatable bonds is 3. The van der Waals surface area contributed by atoms with Crippen LogP contribution in [-0.4, -0.2) is 51.6 Å². The van der Waals surface area contributed by atoms with Crippen LogP contribution in [0.3, 0.4) is 0 Å². The van der Waals surface area contributed by atoms with E-state index in [2.05, 4.69) is 12.2 Å². The SMILES string of the molecule is CC(NC(=O)N1CCSC(C)C1C)C(C)C(=O)O. The smallest absolute Gasteiger partial charge is 0.317 e. The van der Waals surface area contributed by atoms with Crippen LogP contribution in [0.1, 0.15) is 27.7 Å². The number of carbonyl (C=O) groups excluding carboxylic acids is 1. The number of aliphatic carboxylic acids is 1. The fourth-order valence-electron chi connectivity index (χ4n) is 1.84. The summed E-state index contributed by atoms with van der Waals surface area (Å²) >= 11 is 1.86.